The van der Waals surface area contributed by atoms with Crippen LogP contribution in [0.4, 0.5) is 0 Å². The minimum absolute atomic E-state index is 0.667. The third-order valence-electron chi connectivity index (χ3n) is 3.63. The lowest BCUT2D eigenvalue weighted by molar-refractivity contribution is -0.941. The van der Waals surface area contributed by atoms with Gasteiger partial charge >= 0.3 is 0 Å². The van der Waals surface area contributed by atoms with Gasteiger partial charge in [0.2, 0.25) is 0 Å². The molecule has 3 rings (SSSR count). The highest BCUT2D eigenvalue weighted by Gasteiger charge is 2.37. The Morgan fingerprint density at radius 1 is 1.21 bits per heavy atom. The largest absolute Gasteiger partial charge is 0.320 e. The molecule has 0 amide bonds. The van der Waals surface area contributed by atoms with Gasteiger partial charge < -0.3 is 4.48 Å². The van der Waals surface area contributed by atoms with Crippen LogP contribution in [0, 0.1) is 0 Å². The molecule has 0 N–H and O–H groups in total. The van der Waals surface area contributed by atoms with Gasteiger partial charge in [0, 0.05) is 37.5 Å². The molecule has 3 heterocycles. The van der Waals surface area contributed by atoms with Crippen molar-refractivity contribution < 1.29 is 4.48 Å². The van der Waals surface area contributed by atoms with Crippen LogP contribution in [0.15, 0.2) is 5.11 Å². The summed E-state index contributed by atoms with van der Waals surface area (Å²) in [5, 5.41) is 3.59. The topological polar surface area (TPSA) is 52.0 Å². The van der Waals surface area contributed by atoms with Gasteiger partial charge in [-0.1, -0.05) is 5.11 Å². The summed E-state index contributed by atoms with van der Waals surface area (Å²) in [5.41, 5.74) is 8.18. The van der Waals surface area contributed by atoms with E-state index in [0.717, 1.165) is 6.42 Å². The van der Waals surface area contributed by atoms with Crippen molar-refractivity contribution in [3.8, 4) is 0 Å². The molecule has 0 aliphatic carbocycles. The number of piperazine rings is 3. The molecule has 0 aromatic heterocycles. The lowest BCUT2D eigenvalue weighted by Crippen LogP contribution is -2.67. The van der Waals surface area contributed by atoms with Gasteiger partial charge in [-0.25, -0.2) is 0 Å². The van der Waals surface area contributed by atoms with Crippen LogP contribution in [0.3, 0.4) is 0 Å². The van der Waals surface area contributed by atoms with Gasteiger partial charge in [0.15, 0.2) is 0 Å². The van der Waals surface area contributed by atoms with E-state index in [4.69, 9.17) is 5.53 Å². The average Bonchev–Trinajstić information content (AvgIpc) is 2.27. The first-order valence-corrected chi connectivity index (χ1v) is 5.43. The van der Waals surface area contributed by atoms with Crippen molar-refractivity contribution in [2.24, 2.45) is 5.11 Å². The molecular weight excluding hydrogens is 178 g/mol. The van der Waals surface area contributed by atoms with Gasteiger partial charge in [0.1, 0.15) is 0 Å². The fourth-order valence-corrected chi connectivity index (χ4v) is 2.59. The summed E-state index contributed by atoms with van der Waals surface area (Å²) < 4.78 is 1.28. The van der Waals surface area contributed by atoms with E-state index in [0.29, 0.717) is 6.54 Å². The third kappa shape index (κ3) is 2.00. The molecule has 0 aromatic rings. The van der Waals surface area contributed by atoms with Crippen LogP contribution in [0.5, 0.6) is 0 Å². The SMILES string of the molecule is [N-]=[N+]=NCCC[N+]12CCN(CC1)CC2. The maximum Gasteiger partial charge on any atom is 0.0916 e. The summed E-state index contributed by atoms with van der Waals surface area (Å²) in [6.07, 6.45) is 1.05. The molecule has 0 aromatic carbocycles. The first-order valence-electron chi connectivity index (χ1n) is 5.43. The van der Waals surface area contributed by atoms with Crippen LogP contribution in [-0.4, -0.2) is 61.7 Å². The lowest BCUT2D eigenvalue weighted by atomic mass is 10.1. The first kappa shape index (κ1) is 9.77. The Morgan fingerprint density at radius 3 is 2.43 bits per heavy atom. The molecule has 0 unspecified atom stereocenters. The quantitative estimate of drug-likeness (QED) is 0.216. The average molecular weight is 196 g/mol. The van der Waals surface area contributed by atoms with Gasteiger partial charge in [-0.15, -0.1) is 0 Å². The molecule has 0 atom stereocenters. The van der Waals surface area contributed by atoms with Crippen molar-refractivity contribution in [2.75, 3.05) is 52.4 Å². The van der Waals surface area contributed by atoms with E-state index >= 15 is 0 Å². The number of fused-ring (bicyclic) bond motifs is 3. The molecule has 5 heteroatoms. The number of hydrogen-bond acceptors (Lipinski definition) is 2. The third-order valence-corrected chi connectivity index (χ3v) is 3.63. The molecule has 3 saturated heterocycles. The van der Waals surface area contributed by atoms with Crippen LogP contribution in [0.2, 0.25) is 0 Å². The molecule has 0 spiro atoms. The molecule has 5 nitrogen and oxygen atoms in total. The predicted octanol–water partition coefficient (Wildman–Crippen LogP) is 0.833. The normalized spacial score (nSPS) is 35.3. The second-order valence-electron chi connectivity index (χ2n) is 4.39. The van der Waals surface area contributed by atoms with E-state index < -0.39 is 0 Å². The Balaban J connectivity index is 1.80. The van der Waals surface area contributed by atoms with E-state index in [1.807, 2.05) is 0 Å². The van der Waals surface area contributed by atoms with E-state index in [1.54, 1.807) is 0 Å². The molecular formula is C9H18N5+. The minimum Gasteiger partial charge on any atom is -0.320 e. The van der Waals surface area contributed by atoms with Crippen LogP contribution >= 0.6 is 0 Å². The first-order chi connectivity index (χ1) is 6.85. The molecule has 3 aliphatic heterocycles. The molecule has 3 aliphatic rings. The lowest BCUT2D eigenvalue weighted by Gasteiger charge is -2.50. The maximum atomic E-state index is 8.18. The molecule has 78 valence electrons. The summed E-state index contributed by atoms with van der Waals surface area (Å²) >= 11 is 0. The van der Waals surface area contributed by atoms with Gasteiger partial charge in [-0.3, -0.25) is 4.90 Å². The zero-order chi connectivity index (χ0) is 9.86. The number of quaternary nitrogens is 1. The van der Waals surface area contributed by atoms with Crippen LogP contribution in [0.25, 0.3) is 10.4 Å². The van der Waals surface area contributed by atoms with Crippen molar-refractivity contribution in [1.29, 1.82) is 0 Å². The molecule has 0 saturated carbocycles. The Bertz CT molecular complexity index is 224. The van der Waals surface area contributed by atoms with Crippen molar-refractivity contribution in [3.63, 3.8) is 0 Å². The van der Waals surface area contributed by atoms with Crippen LogP contribution in [0.1, 0.15) is 6.42 Å². The van der Waals surface area contributed by atoms with E-state index in [1.165, 1.54) is 50.3 Å². The second kappa shape index (κ2) is 4.17. The van der Waals surface area contributed by atoms with Gasteiger partial charge in [0.05, 0.1) is 26.2 Å². The molecule has 3 fully saturated rings. The van der Waals surface area contributed by atoms with E-state index in [9.17, 15) is 0 Å². The number of hydrogen-bond donors (Lipinski definition) is 0. The number of rotatable bonds is 4. The van der Waals surface area contributed by atoms with Crippen molar-refractivity contribution in [3.05, 3.63) is 10.4 Å². The summed E-state index contributed by atoms with van der Waals surface area (Å²) in [7, 11) is 0. The summed E-state index contributed by atoms with van der Waals surface area (Å²) in [6, 6.07) is 0. The highest BCUT2D eigenvalue weighted by Crippen LogP contribution is 2.19. The maximum absolute atomic E-state index is 8.18. The summed E-state index contributed by atoms with van der Waals surface area (Å²) in [4.78, 5) is 5.34. The minimum atomic E-state index is 0.667. The molecule has 2 bridgehead atoms. The van der Waals surface area contributed by atoms with Crippen molar-refractivity contribution >= 4 is 0 Å². The second-order valence-corrected chi connectivity index (χ2v) is 4.39. The fourth-order valence-electron chi connectivity index (χ4n) is 2.59. The standard InChI is InChI=1S/C9H18N5/c10-12-11-2-1-6-14-7-3-13(4-8-14)5-9-14/h1-9H2/q+1. The van der Waals surface area contributed by atoms with Crippen LogP contribution in [-0.2, 0) is 0 Å². The molecule has 14 heavy (non-hydrogen) atoms. The molecule has 0 radical (unpaired) electrons. The number of nitrogens with zero attached hydrogens (tertiary/aromatic N) is 5. The van der Waals surface area contributed by atoms with E-state index in [2.05, 4.69) is 14.9 Å². The van der Waals surface area contributed by atoms with Gasteiger partial charge in [-0.2, -0.15) is 0 Å². The van der Waals surface area contributed by atoms with Gasteiger partial charge in [0.25, 0.3) is 0 Å². The Hall–Kier alpha value is -0.770. The van der Waals surface area contributed by atoms with Crippen molar-refractivity contribution in [1.82, 2.24) is 4.90 Å². The summed E-state index contributed by atoms with van der Waals surface area (Å²) in [5.74, 6) is 0. The monoisotopic (exact) mass is 196 g/mol. The zero-order valence-corrected chi connectivity index (χ0v) is 8.60. The number of azide groups is 1. The van der Waals surface area contributed by atoms with Crippen LogP contribution < -0.4 is 0 Å². The Morgan fingerprint density at radius 2 is 1.86 bits per heavy atom. The highest BCUT2D eigenvalue weighted by atomic mass is 15.4. The highest BCUT2D eigenvalue weighted by molar-refractivity contribution is 4.70. The smallest absolute Gasteiger partial charge is 0.0916 e. The van der Waals surface area contributed by atoms with E-state index in [-0.39, 0.29) is 0 Å². The Labute approximate surface area is 84.5 Å². The zero-order valence-electron chi connectivity index (χ0n) is 8.60. The van der Waals surface area contributed by atoms with Gasteiger partial charge in [-0.05, 0) is 5.53 Å². The summed E-state index contributed by atoms with van der Waals surface area (Å²) in [6.45, 7) is 9.57. The predicted molar refractivity (Wildman–Crippen MR) is 54.8 cm³/mol. The Kier molecular flexibility index (Phi) is 2.91. The fraction of sp³-hybridized carbons (Fsp3) is 1.00. The van der Waals surface area contributed by atoms with Crippen molar-refractivity contribution in [2.45, 2.75) is 6.42 Å².